The molecule has 0 saturated carbocycles. The number of hydrogen-bond donors (Lipinski definition) is 0. The zero-order valence-corrected chi connectivity index (χ0v) is 16.4. The van der Waals surface area contributed by atoms with Crippen molar-refractivity contribution in [3.63, 3.8) is 0 Å². The molecule has 0 aliphatic carbocycles. The van der Waals surface area contributed by atoms with E-state index in [0.29, 0.717) is 13.1 Å². The van der Waals surface area contributed by atoms with E-state index in [1.54, 1.807) is 7.11 Å². The number of carbonyl (C=O) groups is 1. The van der Waals surface area contributed by atoms with Gasteiger partial charge >= 0.3 is 0 Å². The maximum Gasteiger partial charge on any atom is 0.254 e. The molecule has 0 N–H and O–H groups in total. The highest BCUT2D eigenvalue weighted by atomic mass is 16.5. The number of aromatic nitrogens is 2. The summed E-state index contributed by atoms with van der Waals surface area (Å²) < 4.78 is 5.26. The first-order valence-corrected chi connectivity index (χ1v) is 9.42. The van der Waals surface area contributed by atoms with Crippen molar-refractivity contribution in [3.8, 4) is 17.0 Å². The summed E-state index contributed by atoms with van der Waals surface area (Å²) in [6.45, 7) is 5.07. The summed E-state index contributed by atoms with van der Waals surface area (Å²) in [6, 6.07) is 15.6. The summed E-state index contributed by atoms with van der Waals surface area (Å²) in [5.74, 6) is 1.62. The molecule has 0 atom stereocenters. The quantitative estimate of drug-likeness (QED) is 0.697. The van der Waals surface area contributed by atoms with Crippen molar-refractivity contribution in [1.82, 2.24) is 14.9 Å². The lowest BCUT2D eigenvalue weighted by molar-refractivity contribution is 0.0733. The number of benzene rings is 2. The fourth-order valence-electron chi connectivity index (χ4n) is 3.68. The Hall–Kier alpha value is -3.21. The highest BCUT2D eigenvalue weighted by Crippen LogP contribution is 2.30. The lowest BCUT2D eigenvalue weighted by Crippen LogP contribution is -2.37. The summed E-state index contributed by atoms with van der Waals surface area (Å²) in [6.07, 6.45) is 0.736. The van der Waals surface area contributed by atoms with Crippen LogP contribution in [0.1, 0.15) is 33.0 Å². The Kier molecular flexibility index (Phi) is 4.82. The van der Waals surface area contributed by atoms with E-state index in [9.17, 15) is 4.79 Å². The molecule has 4 rings (SSSR count). The van der Waals surface area contributed by atoms with Crippen LogP contribution in [0, 0.1) is 13.8 Å². The van der Waals surface area contributed by atoms with Crippen molar-refractivity contribution in [2.75, 3.05) is 13.7 Å². The van der Waals surface area contributed by atoms with Crippen molar-refractivity contribution in [2.24, 2.45) is 0 Å². The van der Waals surface area contributed by atoms with Crippen LogP contribution in [0.5, 0.6) is 5.75 Å². The number of methoxy groups -OCH3 is 1. The largest absolute Gasteiger partial charge is 0.497 e. The number of rotatable bonds is 3. The van der Waals surface area contributed by atoms with Gasteiger partial charge in [-0.15, -0.1) is 0 Å². The van der Waals surface area contributed by atoms with E-state index in [1.165, 1.54) is 0 Å². The molecule has 0 radical (unpaired) electrons. The first-order chi connectivity index (χ1) is 13.6. The van der Waals surface area contributed by atoms with E-state index in [2.05, 4.69) is 4.98 Å². The van der Waals surface area contributed by atoms with E-state index in [4.69, 9.17) is 9.72 Å². The molecule has 2 aromatic carbocycles. The molecule has 0 bridgehead atoms. The summed E-state index contributed by atoms with van der Waals surface area (Å²) in [7, 11) is 1.65. The minimum Gasteiger partial charge on any atom is -0.497 e. The van der Waals surface area contributed by atoms with Crippen LogP contribution in [-0.4, -0.2) is 34.4 Å². The zero-order chi connectivity index (χ0) is 19.7. The van der Waals surface area contributed by atoms with Gasteiger partial charge in [-0.05, 0) is 49.7 Å². The summed E-state index contributed by atoms with van der Waals surface area (Å²) in [5, 5.41) is 0. The van der Waals surface area contributed by atoms with Gasteiger partial charge in [-0.3, -0.25) is 4.79 Å². The molecule has 142 valence electrons. The van der Waals surface area contributed by atoms with Crippen LogP contribution in [0.25, 0.3) is 11.3 Å². The standard InChI is InChI=1S/C23H23N3O2/c1-15-6-4-5-7-19(15)23(27)26-13-12-21-20(14-26)22(25-16(2)24-21)17-8-10-18(28-3)11-9-17/h4-11H,12-14H2,1-3H3. The first-order valence-electron chi connectivity index (χ1n) is 9.42. The Balaban J connectivity index is 1.71. The molecule has 0 saturated heterocycles. The SMILES string of the molecule is COc1ccc(-c2nc(C)nc3c2CN(C(=O)c2ccccc2C)CC3)cc1. The fraction of sp³-hybridized carbons (Fsp3) is 0.261. The Morgan fingerprint density at radius 3 is 2.50 bits per heavy atom. The predicted molar refractivity (Wildman–Crippen MR) is 108 cm³/mol. The Bertz CT molecular complexity index is 1030. The van der Waals surface area contributed by atoms with Crippen LogP contribution in [0.3, 0.4) is 0 Å². The maximum atomic E-state index is 13.1. The summed E-state index contributed by atoms with van der Waals surface area (Å²) >= 11 is 0. The fourth-order valence-corrected chi connectivity index (χ4v) is 3.68. The van der Waals surface area contributed by atoms with Gasteiger partial charge in [-0.2, -0.15) is 0 Å². The molecule has 2 heterocycles. The van der Waals surface area contributed by atoms with Crippen LogP contribution in [0.2, 0.25) is 0 Å². The number of fused-ring (bicyclic) bond motifs is 1. The molecule has 1 aliphatic rings. The lowest BCUT2D eigenvalue weighted by atomic mass is 9.98. The smallest absolute Gasteiger partial charge is 0.254 e. The number of hydrogen-bond acceptors (Lipinski definition) is 4. The minimum absolute atomic E-state index is 0.0602. The third-order valence-corrected chi connectivity index (χ3v) is 5.20. The van der Waals surface area contributed by atoms with Crippen LogP contribution in [-0.2, 0) is 13.0 Å². The van der Waals surface area contributed by atoms with Crippen LogP contribution >= 0.6 is 0 Å². The third kappa shape index (κ3) is 3.36. The number of ether oxygens (including phenoxy) is 1. The van der Waals surface area contributed by atoms with E-state index in [-0.39, 0.29) is 5.91 Å². The van der Waals surface area contributed by atoms with Gasteiger partial charge in [0.2, 0.25) is 0 Å². The second-order valence-corrected chi connectivity index (χ2v) is 7.06. The number of amides is 1. The summed E-state index contributed by atoms with van der Waals surface area (Å²) in [5.41, 5.74) is 5.72. The second-order valence-electron chi connectivity index (χ2n) is 7.06. The topological polar surface area (TPSA) is 55.3 Å². The molecular weight excluding hydrogens is 350 g/mol. The Morgan fingerprint density at radius 1 is 1.04 bits per heavy atom. The average Bonchev–Trinajstić information content (AvgIpc) is 2.73. The van der Waals surface area contributed by atoms with Gasteiger partial charge in [-0.25, -0.2) is 9.97 Å². The molecule has 3 aromatic rings. The highest BCUT2D eigenvalue weighted by Gasteiger charge is 2.26. The van der Waals surface area contributed by atoms with E-state index < -0.39 is 0 Å². The van der Waals surface area contributed by atoms with Gasteiger partial charge in [0.1, 0.15) is 11.6 Å². The molecular formula is C23H23N3O2. The number of carbonyl (C=O) groups excluding carboxylic acids is 1. The van der Waals surface area contributed by atoms with Gasteiger partial charge in [-0.1, -0.05) is 18.2 Å². The van der Waals surface area contributed by atoms with Crippen LogP contribution in [0.15, 0.2) is 48.5 Å². The number of aryl methyl sites for hydroxylation is 2. The Labute approximate surface area is 165 Å². The lowest BCUT2D eigenvalue weighted by Gasteiger charge is -2.30. The molecule has 0 unspecified atom stereocenters. The zero-order valence-electron chi connectivity index (χ0n) is 16.4. The molecule has 5 heteroatoms. The summed E-state index contributed by atoms with van der Waals surface area (Å²) in [4.78, 5) is 24.3. The monoisotopic (exact) mass is 373 g/mol. The molecule has 28 heavy (non-hydrogen) atoms. The van der Waals surface area contributed by atoms with E-state index in [1.807, 2.05) is 67.3 Å². The van der Waals surface area contributed by atoms with Crippen LogP contribution in [0.4, 0.5) is 0 Å². The number of nitrogens with zero attached hydrogens (tertiary/aromatic N) is 3. The van der Waals surface area contributed by atoms with E-state index in [0.717, 1.165) is 51.6 Å². The van der Waals surface area contributed by atoms with Gasteiger partial charge in [0.15, 0.2) is 0 Å². The minimum atomic E-state index is 0.0602. The first kappa shape index (κ1) is 18.2. The maximum absolute atomic E-state index is 13.1. The van der Waals surface area contributed by atoms with Gasteiger partial charge in [0.05, 0.1) is 18.5 Å². The van der Waals surface area contributed by atoms with Gasteiger partial charge < -0.3 is 9.64 Å². The van der Waals surface area contributed by atoms with E-state index >= 15 is 0 Å². The predicted octanol–water partition coefficient (Wildman–Crippen LogP) is 3.97. The highest BCUT2D eigenvalue weighted by molar-refractivity contribution is 5.95. The molecule has 0 spiro atoms. The van der Waals surface area contributed by atoms with Gasteiger partial charge in [0.25, 0.3) is 5.91 Å². The molecule has 1 aliphatic heterocycles. The third-order valence-electron chi connectivity index (χ3n) is 5.20. The van der Waals surface area contributed by atoms with Crippen molar-refractivity contribution in [1.29, 1.82) is 0 Å². The molecule has 1 amide bonds. The Morgan fingerprint density at radius 2 is 1.79 bits per heavy atom. The van der Waals surface area contributed by atoms with Crippen LogP contribution < -0.4 is 4.74 Å². The van der Waals surface area contributed by atoms with Crippen molar-refractivity contribution in [2.45, 2.75) is 26.8 Å². The average molecular weight is 373 g/mol. The normalized spacial score (nSPS) is 13.2. The van der Waals surface area contributed by atoms with Crippen molar-refractivity contribution >= 4 is 5.91 Å². The molecule has 1 aromatic heterocycles. The molecule has 5 nitrogen and oxygen atoms in total. The van der Waals surface area contributed by atoms with Gasteiger partial charge in [0, 0.05) is 36.2 Å². The molecule has 0 fully saturated rings. The van der Waals surface area contributed by atoms with Crippen molar-refractivity contribution < 1.29 is 9.53 Å². The second kappa shape index (κ2) is 7.43. The van der Waals surface area contributed by atoms with Crippen molar-refractivity contribution in [3.05, 3.63) is 76.7 Å².